The number of oxime groups is 1. The molecular weight excluding hydrogens is 466 g/mol. The Morgan fingerprint density at radius 2 is 1.81 bits per heavy atom. The molecule has 4 aliphatic rings. The van der Waals surface area contributed by atoms with E-state index in [9.17, 15) is 9.18 Å². The zero-order chi connectivity index (χ0) is 25.3. The number of benzene rings is 1. The summed E-state index contributed by atoms with van der Waals surface area (Å²) >= 11 is 0. The monoisotopic (exact) mass is 504 g/mol. The van der Waals surface area contributed by atoms with Crippen LogP contribution in [0.5, 0.6) is 5.75 Å². The molecule has 198 valence electrons. The van der Waals surface area contributed by atoms with Crippen molar-refractivity contribution in [3.05, 3.63) is 29.6 Å². The van der Waals surface area contributed by atoms with Crippen molar-refractivity contribution in [1.29, 1.82) is 0 Å². The molecule has 0 radical (unpaired) electrons. The van der Waals surface area contributed by atoms with Crippen molar-refractivity contribution >= 4 is 11.6 Å². The minimum atomic E-state index is -1.78. The Balaban J connectivity index is 1.17. The fraction of sp³-hybridized carbons (Fsp3) is 0.704. The number of piperidine rings is 3. The molecule has 0 N–H and O–H groups in total. The van der Waals surface area contributed by atoms with Crippen LogP contribution in [-0.4, -0.2) is 97.6 Å². The van der Waals surface area contributed by atoms with E-state index in [0.717, 1.165) is 19.6 Å². The molecule has 1 spiro atoms. The second kappa shape index (κ2) is 10.2. The van der Waals surface area contributed by atoms with Gasteiger partial charge in [-0.15, -0.1) is 0 Å². The average molecular weight is 505 g/mol. The molecule has 1 amide bonds. The summed E-state index contributed by atoms with van der Waals surface area (Å²) in [6, 6.07) is 4.39. The maximum absolute atomic E-state index is 15.9. The molecule has 0 aromatic heterocycles. The van der Waals surface area contributed by atoms with Gasteiger partial charge in [-0.3, -0.25) is 4.79 Å². The maximum atomic E-state index is 15.9. The van der Waals surface area contributed by atoms with Crippen molar-refractivity contribution in [1.82, 2.24) is 14.7 Å². The Morgan fingerprint density at radius 1 is 1.11 bits per heavy atom. The minimum Gasteiger partial charge on any atom is -0.486 e. The Labute approximate surface area is 212 Å². The largest absolute Gasteiger partial charge is 0.486 e. The lowest BCUT2D eigenvalue weighted by Crippen LogP contribution is -2.58. The number of hydrogen-bond acceptors (Lipinski definition) is 6. The van der Waals surface area contributed by atoms with Crippen LogP contribution in [0, 0.1) is 11.7 Å². The molecule has 36 heavy (non-hydrogen) atoms. The Hall–Kier alpha value is -2.26. The first-order valence-electron chi connectivity index (χ1n) is 13.3. The average Bonchev–Trinajstić information content (AvgIpc) is 2.88. The molecule has 4 aliphatic heterocycles. The number of carbonyl (C=O) groups excluding carboxylic acids is 1. The van der Waals surface area contributed by atoms with Gasteiger partial charge >= 0.3 is 0 Å². The summed E-state index contributed by atoms with van der Waals surface area (Å²) in [6.45, 7) is 5.41. The molecule has 7 nitrogen and oxygen atoms in total. The Bertz CT molecular complexity index is 979. The van der Waals surface area contributed by atoms with Gasteiger partial charge in [-0.05, 0) is 57.1 Å². The summed E-state index contributed by atoms with van der Waals surface area (Å²) in [7, 11) is 3.63. The third-order valence-electron chi connectivity index (χ3n) is 8.62. The molecule has 3 saturated heterocycles. The van der Waals surface area contributed by atoms with Gasteiger partial charge in [0.25, 0.3) is 5.91 Å². The number of alkyl halides is 1. The number of amides is 1. The number of nitrogens with zero attached hydrogens (tertiary/aromatic N) is 4. The number of rotatable bonds is 4. The van der Waals surface area contributed by atoms with Crippen LogP contribution in [0.25, 0.3) is 0 Å². The van der Waals surface area contributed by atoms with Crippen LogP contribution in [0.2, 0.25) is 0 Å². The third kappa shape index (κ3) is 5.23. The molecule has 3 fully saturated rings. The van der Waals surface area contributed by atoms with E-state index in [0.29, 0.717) is 68.4 Å². The van der Waals surface area contributed by atoms with E-state index in [1.54, 1.807) is 11.0 Å². The van der Waals surface area contributed by atoms with Gasteiger partial charge < -0.3 is 24.3 Å². The van der Waals surface area contributed by atoms with E-state index in [4.69, 9.17) is 9.57 Å². The maximum Gasteiger partial charge on any atom is 0.260 e. The quantitative estimate of drug-likeness (QED) is 0.588. The van der Waals surface area contributed by atoms with Gasteiger partial charge in [-0.25, -0.2) is 8.78 Å². The second-order valence-corrected chi connectivity index (χ2v) is 11.1. The SMILES string of the molecule is CO/N=C1\CC2(CCN(C(=O)C3(F)CCN(CC4CCN(C)CC4)CC3)CC2)Oc2ccc(F)cc21. The Morgan fingerprint density at radius 3 is 2.47 bits per heavy atom. The summed E-state index contributed by atoms with van der Waals surface area (Å²) in [6.07, 6.45) is 4.51. The molecule has 9 heteroatoms. The van der Waals surface area contributed by atoms with Gasteiger partial charge in [0.2, 0.25) is 0 Å². The lowest BCUT2D eigenvalue weighted by molar-refractivity contribution is -0.151. The van der Waals surface area contributed by atoms with Crippen molar-refractivity contribution in [3.8, 4) is 5.75 Å². The highest BCUT2D eigenvalue weighted by Gasteiger charge is 2.48. The van der Waals surface area contributed by atoms with Crippen molar-refractivity contribution in [2.24, 2.45) is 11.1 Å². The van der Waals surface area contributed by atoms with Gasteiger partial charge in [0.15, 0.2) is 5.67 Å². The molecular formula is C27H38F2N4O3. The van der Waals surface area contributed by atoms with E-state index >= 15 is 4.39 Å². The summed E-state index contributed by atoms with van der Waals surface area (Å²) in [5.41, 5.74) is -1.11. The molecule has 0 bridgehead atoms. The number of carbonyl (C=O) groups is 1. The predicted octanol–water partition coefficient (Wildman–Crippen LogP) is 3.47. The van der Waals surface area contributed by atoms with Crippen molar-refractivity contribution in [2.45, 2.75) is 56.2 Å². The first-order chi connectivity index (χ1) is 17.3. The molecule has 4 heterocycles. The van der Waals surface area contributed by atoms with Gasteiger partial charge in [-0.1, -0.05) is 5.16 Å². The van der Waals surface area contributed by atoms with Crippen molar-refractivity contribution < 1.29 is 23.1 Å². The molecule has 0 aliphatic carbocycles. The topological polar surface area (TPSA) is 57.6 Å². The van der Waals surface area contributed by atoms with Crippen LogP contribution in [0.1, 0.15) is 50.5 Å². The van der Waals surface area contributed by atoms with Gasteiger partial charge in [0.1, 0.15) is 24.3 Å². The summed E-state index contributed by atoms with van der Waals surface area (Å²) < 4.78 is 36.0. The molecule has 1 aromatic rings. The number of likely N-dealkylation sites (tertiary alicyclic amines) is 3. The summed E-state index contributed by atoms with van der Waals surface area (Å²) in [5, 5.41) is 4.13. The highest BCUT2D eigenvalue weighted by atomic mass is 19.1. The number of fused-ring (bicyclic) bond motifs is 1. The third-order valence-corrected chi connectivity index (χ3v) is 8.62. The molecule has 5 rings (SSSR count). The van der Waals surface area contributed by atoms with Crippen molar-refractivity contribution in [2.75, 3.05) is 60.0 Å². The van der Waals surface area contributed by atoms with E-state index in [2.05, 4.69) is 22.0 Å². The number of hydrogen-bond donors (Lipinski definition) is 0. The van der Waals surface area contributed by atoms with Gasteiger partial charge in [-0.2, -0.15) is 0 Å². The lowest BCUT2D eigenvalue weighted by Gasteiger charge is -2.46. The fourth-order valence-electron chi connectivity index (χ4n) is 6.27. The first-order valence-corrected chi connectivity index (χ1v) is 13.3. The standard InChI is InChI=1S/C27H38F2N4O3/c1-31-11-5-20(6-12-31)19-32-13-9-27(29,10-14-32)25(34)33-15-7-26(8-16-33)18-23(30-35-2)22-17-21(28)3-4-24(22)36-26/h3-4,17,20H,5-16,18-19H2,1-2H3/b30-23+. The first kappa shape index (κ1) is 25.4. The van der Waals surface area contributed by atoms with E-state index in [-0.39, 0.29) is 24.6 Å². The molecule has 0 saturated carbocycles. The molecule has 1 aromatic carbocycles. The van der Waals surface area contributed by atoms with Crippen LogP contribution < -0.4 is 4.74 Å². The van der Waals surface area contributed by atoms with E-state index in [1.165, 1.54) is 32.1 Å². The fourth-order valence-corrected chi connectivity index (χ4v) is 6.27. The van der Waals surface area contributed by atoms with E-state index in [1.807, 2.05) is 0 Å². The highest BCUT2D eigenvalue weighted by molar-refractivity contribution is 6.04. The Kier molecular flexibility index (Phi) is 7.23. The minimum absolute atomic E-state index is 0.264. The van der Waals surface area contributed by atoms with E-state index < -0.39 is 11.3 Å². The second-order valence-electron chi connectivity index (χ2n) is 11.1. The van der Waals surface area contributed by atoms with Crippen LogP contribution in [0.3, 0.4) is 0 Å². The predicted molar refractivity (Wildman–Crippen MR) is 133 cm³/mol. The van der Waals surface area contributed by atoms with Crippen molar-refractivity contribution in [3.63, 3.8) is 0 Å². The van der Waals surface area contributed by atoms with Gasteiger partial charge in [0, 0.05) is 70.4 Å². The zero-order valence-electron chi connectivity index (χ0n) is 21.5. The van der Waals surface area contributed by atoms with Crippen LogP contribution >= 0.6 is 0 Å². The smallest absolute Gasteiger partial charge is 0.260 e. The summed E-state index contributed by atoms with van der Waals surface area (Å²) in [4.78, 5) is 24.7. The van der Waals surface area contributed by atoms with Crippen LogP contribution in [-0.2, 0) is 9.63 Å². The lowest BCUT2D eigenvalue weighted by atomic mass is 9.81. The van der Waals surface area contributed by atoms with Crippen LogP contribution in [0.4, 0.5) is 8.78 Å². The van der Waals surface area contributed by atoms with Crippen LogP contribution in [0.15, 0.2) is 23.4 Å². The number of halogens is 2. The normalized spacial score (nSPS) is 26.0. The van der Waals surface area contributed by atoms with Gasteiger partial charge in [0.05, 0.1) is 5.71 Å². The zero-order valence-corrected chi connectivity index (χ0v) is 21.5. The molecule has 0 atom stereocenters. The molecule has 0 unspecified atom stereocenters. The highest BCUT2D eigenvalue weighted by Crippen LogP contribution is 2.41. The number of ether oxygens (including phenoxy) is 1. The summed E-state index contributed by atoms with van der Waals surface area (Å²) in [5.74, 6) is 0.506.